The summed E-state index contributed by atoms with van der Waals surface area (Å²) in [4.78, 5) is 48.1. The van der Waals surface area contributed by atoms with Crippen LogP contribution in [-0.4, -0.2) is 91.1 Å². The maximum Gasteiger partial charge on any atom is 0.257 e. The van der Waals surface area contributed by atoms with Crippen molar-refractivity contribution in [1.29, 1.82) is 0 Å². The fourth-order valence-electron chi connectivity index (χ4n) is 6.13. The summed E-state index contributed by atoms with van der Waals surface area (Å²) in [7, 11) is 1.54. The molecule has 2 N–H and O–H groups in total. The molecule has 0 aliphatic carbocycles. The Morgan fingerprint density at radius 2 is 1.88 bits per heavy atom. The number of methoxy groups -OCH3 is 1. The number of aryl methyl sites for hydroxylation is 3. The van der Waals surface area contributed by atoms with Gasteiger partial charge in [-0.05, 0) is 86.7 Å². The molecule has 0 unspecified atom stereocenters. The van der Waals surface area contributed by atoms with Crippen LogP contribution in [-0.2, 0) is 9.53 Å². The molecule has 2 aromatic carbocycles. The summed E-state index contributed by atoms with van der Waals surface area (Å²) in [5.41, 5.74) is 2.80. The first-order chi connectivity index (χ1) is 23.5. The lowest BCUT2D eigenvalue weighted by Gasteiger charge is -2.40. The van der Waals surface area contributed by atoms with Crippen molar-refractivity contribution in [1.82, 2.24) is 20.1 Å². The number of carbonyl (C=O) groups is 3. The molecule has 2 fully saturated rings. The van der Waals surface area contributed by atoms with Crippen molar-refractivity contribution in [3.05, 3.63) is 94.4 Å². The van der Waals surface area contributed by atoms with Gasteiger partial charge in [-0.2, -0.15) is 0 Å². The van der Waals surface area contributed by atoms with Crippen LogP contribution in [0.4, 0.5) is 10.2 Å². The number of nitrogens with one attached hydrogen (secondary N) is 2. The standard InChI is InChI=1S/C37H44FN5O6/c1-7-34(44)43-12-11-42(19-25(43)5)20-33(26-9-8-22(2)31(38)16-26)49-32-15-23(3)29(17-30(32)37(46)40-27-10-13-48-21-27)36(45)41-35-24(4)14-28(47-6)18-39-35/h7-9,14-18,25,27,33H,1,10-13,19-21H2,2-6H3,(H,40,46)(H,39,41,45)/t25-,27-,33-/m1/s1. The Balaban J connectivity index is 1.48. The van der Waals surface area contributed by atoms with Crippen LogP contribution in [0.25, 0.3) is 0 Å². The average Bonchev–Trinajstić information content (AvgIpc) is 3.59. The maximum atomic E-state index is 14.9. The van der Waals surface area contributed by atoms with Gasteiger partial charge >= 0.3 is 0 Å². The Kier molecular flexibility index (Phi) is 11.3. The van der Waals surface area contributed by atoms with Crippen LogP contribution >= 0.6 is 0 Å². The number of halogens is 1. The molecule has 1 aromatic heterocycles. The van der Waals surface area contributed by atoms with E-state index in [1.165, 1.54) is 24.4 Å². The topological polar surface area (TPSA) is 122 Å². The van der Waals surface area contributed by atoms with E-state index in [0.717, 1.165) is 0 Å². The van der Waals surface area contributed by atoms with Gasteiger partial charge in [0.1, 0.15) is 29.2 Å². The highest BCUT2D eigenvalue weighted by Crippen LogP contribution is 2.32. The Bertz CT molecular complexity index is 1730. The van der Waals surface area contributed by atoms with Gasteiger partial charge in [0.25, 0.3) is 11.8 Å². The molecule has 11 nitrogen and oxygen atoms in total. The Labute approximate surface area is 286 Å². The molecule has 2 saturated heterocycles. The van der Waals surface area contributed by atoms with Crippen LogP contribution in [0.5, 0.6) is 11.5 Å². The number of rotatable bonds is 11. The first kappa shape index (κ1) is 35.5. The van der Waals surface area contributed by atoms with Gasteiger partial charge in [0.15, 0.2) is 0 Å². The molecule has 49 heavy (non-hydrogen) atoms. The monoisotopic (exact) mass is 673 g/mol. The Morgan fingerprint density at radius 1 is 1.08 bits per heavy atom. The highest BCUT2D eigenvalue weighted by atomic mass is 19.1. The second-order valence-corrected chi connectivity index (χ2v) is 12.7. The number of piperazine rings is 1. The Hall–Kier alpha value is -4.81. The second-order valence-electron chi connectivity index (χ2n) is 12.7. The molecule has 3 amide bonds. The molecule has 3 aromatic rings. The molecule has 260 valence electrons. The van der Waals surface area contributed by atoms with Gasteiger partial charge in [-0.1, -0.05) is 18.7 Å². The summed E-state index contributed by atoms with van der Waals surface area (Å²) < 4.78 is 32.3. The number of ether oxygens (including phenoxy) is 3. The van der Waals surface area contributed by atoms with E-state index in [1.807, 2.05) is 19.9 Å². The molecule has 0 spiro atoms. The molecule has 0 saturated carbocycles. The third-order valence-corrected chi connectivity index (χ3v) is 9.03. The second kappa shape index (κ2) is 15.6. The van der Waals surface area contributed by atoms with E-state index >= 15 is 0 Å². The molecular formula is C37H44FN5O6. The predicted octanol–water partition coefficient (Wildman–Crippen LogP) is 4.76. The molecule has 2 aliphatic rings. The van der Waals surface area contributed by atoms with Gasteiger partial charge in [0.2, 0.25) is 5.91 Å². The molecule has 0 radical (unpaired) electrons. The van der Waals surface area contributed by atoms with Crippen molar-refractivity contribution in [2.45, 2.75) is 52.3 Å². The van der Waals surface area contributed by atoms with Crippen molar-refractivity contribution in [2.75, 3.05) is 51.8 Å². The maximum absolute atomic E-state index is 14.9. The van der Waals surface area contributed by atoms with Crippen LogP contribution in [0.1, 0.15) is 62.4 Å². The number of amides is 3. The summed E-state index contributed by atoms with van der Waals surface area (Å²) in [5.74, 6) is -0.174. The van der Waals surface area contributed by atoms with Gasteiger partial charge in [0.05, 0.1) is 31.5 Å². The minimum atomic E-state index is -0.685. The highest BCUT2D eigenvalue weighted by molar-refractivity contribution is 6.08. The molecule has 2 aliphatic heterocycles. The van der Waals surface area contributed by atoms with Gasteiger partial charge in [-0.15, -0.1) is 0 Å². The molecule has 5 rings (SSSR count). The number of hydrogen-bond donors (Lipinski definition) is 2. The van der Waals surface area contributed by atoms with E-state index in [-0.39, 0.29) is 40.7 Å². The number of nitrogens with zero attached hydrogens (tertiary/aromatic N) is 3. The first-order valence-electron chi connectivity index (χ1n) is 16.4. The van der Waals surface area contributed by atoms with Crippen LogP contribution in [0, 0.1) is 26.6 Å². The lowest BCUT2D eigenvalue weighted by Crippen LogP contribution is -2.54. The number of anilines is 1. The summed E-state index contributed by atoms with van der Waals surface area (Å²) in [6, 6.07) is 9.67. The van der Waals surface area contributed by atoms with Crippen molar-refractivity contribution >= 4 is 23.5 Å². The van der Waals surface area contributed by atoms with Gasteiger partial charge in [0, 0.05) is 44.4 Å². The predicted molar refractivity (Wildman–Crippen MR) is 184 cm³/mol. The first-order valence-corrected chi connectivity index (χ1v) is 16.4. The average molecular weight is 674 g/mol. The summed E-state index contributed by atoms with van der Waals surface area (Å²) in [6.45, 7) is 13.8. The number of benzene rings is 2. The highest BCUT2D eigenvalue weighted by Gasteiger charge is 2.30. The molecular weight excluding hydrogens is 629 g/mol. The van der Waals surface area contributed by atoms with E-state index < -0.39 is 17.9 Å². The quantitative estimate of drug-likeness (QED) is 0.280. The zero-order valence-corrected chi connectivity index (χ0v) is 28.7. The Morgan fingerprint density at radius 3 is 2.53 bits per heavy atom. The van der Waals surface area contributed by atoms with Crippen molar-refractivity contribution in [2.24, 2.45) is 0 Å². The lowest BCUT2D eigenvalue weighted by atomic mass is 10.0. The zero-order chi connectivity index (χ0) is 35.2. The van der Waals surface area contributed by atoms with Crippen LogP contribution in [0.3, 0.4) is 0 Å². The van der Waals surface area contributed by atoms with Gasteiger partial charge in [-0.3, -0.25) is 19.3 Å². The largest absolute Gasteiger partial charge is 0.495 e. The third-order valence-electron chi connectivity index (χ3n) is 9.03. The van der Waals surface area contributed by atoms with Crippen LogP contribution in [0.15, 0.2) is 55.3 Å². The smallest absolute Gasteiger partial charge is 0.257 e. The minimum absolute atomic E-state index is 0.0755. The fraction of sp³-hybridized carbons (Fsp3) is 0.405. The van der Waals surface area contributed by atoms with Gasteiger partial charge < -0.3 is 29.7 Å². The molecule has 12 heteroatoms. The number of carbonyl (C=O) groups excluding carboxylic acids is 3. The van der Waals surface area contributed by atoms with Crippen molar-refractivity contribution in [3.8, 4) is 11.5 Å². The third kappa shape index (κ3) is 8.44. The normalized spacial score (nSPS) is 18.4. The van der Waals surface area contributed by atoms with E-state index in [0.29, 0.717) is 79.6 Å². The van der Waals surface area contributed by atoms with Gasteiger partial charge in [-0.25, -0.2) is 9.37 Å². The van der Waals surface area contributed by atoms with E-state index in [9.17, 15) is 18.8 Å². The van der Waals surface area contributed by atoms with Crippen molar-refractivity contribution < 1.29 is 33.0 Å². The number of pyridine rings is 1. The fourth-order valence-corrected chi connectivity index (χ4v) is 6.13. The summed E-state index contributed by atoms with van der Waals surface area (Å²) >= 11 is 0. The zero-order valence-electron chi connectivity index (χ0n) is 28.7. The summed E-state index contributed by atoms with van der Waals surface area (Å²) in [5, 5.41) is 5.86. The van der Waals surface area contributed by atoms with Crippen LogP contribution in [0.2, 0.25) is 0 Å². The summed E-state index contributed by atoms with van der Waals surface area (Å²) in [6.07, 6.45) is 2.81. The van der Waals surface area contributed by atoms with Crippen molar-refractivity contribution in [3.63, 3.8) is 0 Å². The van der Waals surface area contributed by atoms with E-state index in [2.05, 4.69) is 27.1 Å². The molecule has 3 atom stereocenters. The van der Waals surface area contributed by atoms with E-state index in [4.69, 9.17) is 14.2 Å². The molecule has 0 bridgehead atoms. The number of aromatic nitrogens is 1. The van der Waals surface area contributed by atoms with Crippen LogP contribution < -0.4 is 20.1 Å². The van der Waals surface area contributed by atoms with E-state index in [1.54, 1.807) is 44.1 Å². The SMILES string of the molecule is C=CC(=O)N1CCN(C[C@@H](Oc2cc(C)c(C(=O)Nc3ncc(OC)cc3C)cc2C(=O)N[C@@H]2CCOC2)c2ccc(C)c(F)c2)C[C@H]1C. The minimum Gasteiger partial charge on any atom is -0.495 e. The number of hydrogen-bond acceptors (Lipinski definition) is 8. The lowest BCUT2D eigenvalue weighted by molar-refractivity contribution is -0.130. The molecule has 3 heterocycles.